The number of carboxylic acid groups (broad SMARTS) is 1. The van der Waals surface area contributed by atoms with Crippen molar-refractivity contribution in [1.82, 2.24) is 9.88 Å². The van der Waals surface area contributed by atoms with Gasteiger partial charge in [-0.1, -0.05) is 57.9 Å². The van der Waals surface area contributed by atoms with Crippen LogP contribution in [-0.2, 0) is 6.42 Å². The number of rotatable bonds is 11. The molecule has 154 valence electrons. The lowest BCUT2D eigenvalue weighted by Gasteiger charge is -2.12. The largest absolute Gasteiger partial charge is 0.465 e. The quantitative estimate of drug-likeness (QED) is 0.485. The molecule has 0 radical (unpaired) electrons. The van der Waals surface area contributed by atoms with Gasteiger partial charge >= 0.3 is 6.09 Å². The van der Waals surface area contributed by atoms with E-state index in [1.165, 1.54) is 61.8 Å². The summed E-state index contributed by atoms with van der Waals surface area (Å²) in [6.07, 6.45) is 11.6. The normalized spacial score (nSPS) is 16.8. The van der Waals surface area contributed by atoms with Crippen LogP contribution in [-0.4, -0.2) is 40.2 Å². The fourth-order valence-electron chi connectivity index (χ4n) is 3.88. The van der Waals surface area contributed by atoms with Gasteiger partial charge in [0, 0.05) is 19.1 Å². The number of nitrogens with one attached hydrogen (secondary N) is 1. The zero-order valence-corrected chi connectivity index (χ0v) is 17.0. The maximum atomic E-state index is 11.0. The summed E-state index contributed by atoms with van der Waals surface area (Å²) in [7, 11) is 0. The Morgan fingerprint density at radius 2 is 1.96 bits per heavy atom. The molecule has 1 aromatic heterocycles. The first kappa shape index (κ1) is 20.5. The summed E-state index contributed by atoms with van der Waals surface area (Å²) in [6.45, 7) is 3.28. The van der Waals surface area contributed by atoms with E-state index in [4.69, 9.17) is 9.52 Å². The first-order chi connectivity index (χ1) is 13.7. The molecular weight excluding hydrogens is 354 g/mol. The van der Waals surface area contributed by atoms with E-state index in [1.807, 2.05) is 6.07 Å². The second-order valence-corrected chi connectivity index (χ2v) is 7.90. The highest BCUT2D eigenvalue weighted by atomic mass is 16.4. The maximum absolute atomic E-state index is 11.0. The zero-order chi connectivity index (χ0) is 19.8. The summed E-state index contributed by atoms with van der Waals surface area (Å²) in [5, 5.41) is 12.3. The Morgan fingerprint density at radius 1 is 1.21 bits per heavy atom. The van der Waals surface area contributed by atoms with Crippen molar-refractivity contribution in [3.63, 3.8) is 0 Å². The molecule has 28 heavy (non-hydrogen) atoms. The number of carbonyl (C=O) groups is 1. The average Bonchev–Trinajstić information content (AvgIpc) is 3.30. The topological polar surface area (TPSA) is 78.6 Å². The van der Waals surface area contributed by atoms with E-state index in [1.54, 1.807) is 0 Å². The molecule has 2 heterocycles. The van der Waals surface area contributed by atoms with Crippen LogP contribution in [0.5, 0.6) is 0 Å². The van der Waals surface area contributed by atoms with Gasteiger partial charge in [-0.05, 0) is 37.0 Å². The van der Waals surface area contributed by atoms with E-state index in [2.05, 4.69) is 29.4 Å². The van der Waals surface area contributed by atoms with E-state index < -0.39 is 6.09 Å². The van der Waals surface area contributed by atoms with E-state index in [0.717, 1.165) is 23.9 Å². The van der Waals surface area contributed by atoms with Crippen molar-refractivity contribution in [2.75, 3.05) is 18.4 Å². The Bertz CT molecular complexity index is 759. The van der Waals surface area contributed by atoms with Crippen LogP contribution in [0.2, 0.25) is 0 Å². The van der Waals surface area contributed by atoms with Gasteiger partial charge in [0.25, 0.3) is 6.01 Å². The van der Waals surface area contributed by atoms with E-state index in [0.29, 0.717) is 19.1 Å². The molecule has 3 rings (SSSR count). The first-order valence-electron chi connectivity index (χ1n) is 10.8. The predicted molar refractivity (Wildman–Crippen MR) is 112 cm³/mol. The number of aromatic nitrogens is 1. The number of unbranched alkanes of at least 4 members (excludes halogenated alkanes) is 7. The van der Waals surface area contributed by atoms with Crippen LogP contribution in [0.3, 0.4) is 0 Å². The molecular formula is C22H33N3O3. The molecule has 0 saturated carbocycles. The Hall–Kier alpha value is -2.24. The average molecular weight is 388 g/mol. The fraction of sp³-hybridized carbons (Fsp3) is 0.636. The van der Waals surface area contributed by atoms with Crippen LogP contribution in [0.4, 0.5) is 10.8 Å². The summed E-state index contributed by atoms with van der Waals surface area (Å²) < 4.78 is 5.78. The third-order valence-corrected chi connectivity index (χ3v) is 5.56. The molecule has 0 aliphatic carbocycles. The SMILES string of the molecule is CCCCCCCCCCc1ccc2oc(N[C@H]3CCN(C(=O)O)C3)nc2c1. The van der Waals surface area contributed by atoms with Gasteiger partial charge in [-0.25, -0.2) is 4.79 Å². The highest BCUT2D eigenvalue weighted by molar-refractivity contribution is 5.75. The van der Waals surface area contributed by atoms with Crippen LogP contribution in [0.15, 0.2) is 22.6 Å². The molecule has 0 unspecified atom stereocenters. The smallest absolute Gasteiger partial charge is 0.407 e. The van der Waals surface area contributed by atoms with Crippen molar-refractivity contribution in [1.29, 1.82) is 0 Å². The minimum absolute atomic E-state index is 0.0564. The number of hydrogen-bond donors (Lipinski definition) is 2. The highest BCUT2D eigenvalue weighted by Gasteiger charge is 2.26. The van der Waals surface area contributed by atoms with Gasteiger partial charge < -0.3 is 19.7 Å². The van der Waals surface area contributed by atoms with Crippen molar-refractivity contribution in [2.45, 2.75) is 77.2 Å². The van der Waals surface area contributed by atoms with Gasteiger partial charge in [0.15, 0.2) is 5.58 Å². The molecule has 6 heteroatoms. The summed E-state index contributed by atoms with van der Waals surface area (Å²) >= 11 is 0. The third-order valence-electron chi connectivity index (χ3n) is 5.56. The minimum atomic E-state index is -0.868. The molecule has 1 aromatic carbocycles. The molecule has 1 amide bonds. The Labute approximate surface area is 167 Å². The summed E-state index contributed by atoms with van der Waals surface area (Å²) in [5.74, 6) is 0. The number of aryl methyl sites for hydroxylation is 1. The van der Waals surface area contributed by atoms with Gasteiger partial charge in [-0.2, -0.15) is 4.98 Å². The van der Waals surface area contributed by atoms with Crippen LogP contribution in [0.25, 0.3) is 11.1 Å². The molecule has 0 spiro atoms. The molecule has 1 aliphatic rings. The van der Waals surface area contributed by atoms with Gasteiger partial charge in [0.1, 0.15) is 5.52 Å². The molecule has 1 aliphatic heterocycles. The molecule has 2 N–H and O–H groups in total. The van der Waals surface area contributed by atoms with E-state index >= 15 is 0 Å². The number of hydrogen-bond acceptors (Lipinski definition) is 4. The molecule has 6 nitrogen and oxygen atoms in total. The van der Waals surface area contributed by atoms with Crippen LogP contribution < -0.4 is 5.32 Å². The number of benzene rings is 1. The summed E-state index contributed by atoms with van der Waals surface area (Å²) in [4.78, 5) is 17.0. The number of fused-ring (bicyclic) bond motifs is 1. The van der Waals surface area contributed by atoms with Gasteiger partial charge in [0.05, 0.1) is 0 Å². The molecule has 1 fully saturated rings. The lowest BCUT2D eigenvalue weighted by molar-refractivity contribution is 0.155. The number of amides is 1. The van der Waals surface area contributed by atoms with Crippen LogP contribution in [0, 0.1) is 0 Å². The monoisotopic (exact) mass is 387 g/mol. The first-order valence-corrected chi connectivity index (χ1v) is 10.8. The van der Waals surface area contributed by atoms with Crippen molar-refractivity contribution in [3.8, 4) is 0 Å². The number of nitrogens with zero attached hydrogens (tertiary/aromatic N) is 2. The van der Waals surface area contributed by atoms with Gasteiger partial charge in [0.2, 0.25) is 0 Å². The molecule has 1 atom stereocenters. The third kappa shape index (κ3) is 5.88. The molecule has 1 saturated heterocycles. The maximum Gasteiger partial charge on any atom is 0.407 e. The standard InChI is InChI=1S/C22H33N3O3/c1-2-3-4-5-6-7-8-9-10-17-11-12-20-19(15-17)24-21(28-20)23-18-13-14-25(16-18)22(26)27/h11-12,15,18H,2-10,13-14,16H2,1H3,(H,23,24)(H,26,27)/t18-/m0/s1. The highest BCUT2D eigenvalue weighted by Crippen LogP contribution is 2.23. The molecule has 2 aromatic rings. The van der Waals surface area contributed by atoms with Crippen LogP contribution in [0.1, 0.15) is 70.3 Å². The fourth-order valence-corrected chi connectivity index (χ4v) is 3.88. The van der Waals surface area contributed by atoms with E-state index in [9.17, 15) is 4.79 Å². The number of oxazole rings is 1. The molecule has 0 bridgehead atoms. The number of likely N-dealkylation sites (tertiary alicyclic amines) is 1. The zero-order valence-electron chi connectivity index (χ0n) is 17.0. The van der Waals surface area contributed by atoms with Crippen molar-refractivity contribution in [2.24, 2.45) is 0 Å². The van der Waals surface area contributed by atoms with Gasteiger partial charge in [-0.3, -0.25) is 0 Å². The minimum Gasteiger partial charge on any atom is -0.465 e. The summed E-state index contributed by atoms with van der Waals surface area (Å²) in [6, 6.07) is 6.77. The van der Waals surface area contributed by atoms with E-state index in [-0.39, 0.29) is 6.04 Å². The summed E-state index contributed by atoms with van der Waals surface area (Å²) in [5.41, 5.74) is 2.94. The van der Waals surface area contributed by atoms with Crippen molar-refractivity contribution < 1.29 is 14.3 Å². The lowest BCUT2D eigenvalue weighted by atomic mass is 10.0. The lowest BCUT2D eigenvalue weighted by Crippen LogP contribution is -2.30. The number of anilines is 1. The second kappa shape index (κ2) is 10.3. The van der Waals surface area contributed by atoms with Crippen LogP contribution >= 0.6 is 0 Å². The Kier molecular flexibility index (Phi) is 7.57. The Morgan fingerprint density at radius 3 is 2.68 bits per heavy atom. The van der Waals surface area contributed by atoms with Gasteiger partial charge in [-0.15, -0.1) is 0 Å². The van der Waals surface area contributed by atoms with Crippen molar-refractivity contribution >= 4 is 23.2 Å². The second-order valence-electron chi connectivity index (χ2n) is 7.90. The predicted octanol–water partition coefficient (Wildman–Crippen LogP) is 5.68. The van der Waals surface area contributed by atoms with Crippen molar-refractivity contribution in [3.05, 3.63) is 23.8 Å². The Balaban J connectivity index is 1.43.